The van der Waals surface area contributed by atoms with Gasteiger partial charge in [0.15, 0.2) is 11.6 Å². The van der Waals surface area contributed by atoms with Gasteiger partial charge >= 0.3 is 0 Å². The second-order valence-electron chi connectivity index (χ2n) is 5.77. The largest absolute Gasteiger partial charge is 0.494 e. The van der Waals surface area contributed by atoms with Crippen molar-refractivity contribution >= 4 is 31.4 Å². The van der Waals surface area contributed by atoms with Gasteiger partial charge in [0.1, 0.15) is 0 Å². The molecule has 2 N–H and O–H groups in total. The molecule has 0 atom stereocenters. The Morgan fingerprint density at radius 3 is 2.07 bits per heavy atom. The lowest BCUT2D eigenvalue weighted by atomic mass is 10.3. The fourth-order valence-corrected chi connectivity index (χ4v) is 4.48. The Balaban J connectivity index is 1.79. The average molecular weight is 437 g/mol. The number of pyridine rings is 1. The molecule has 0 fully saturated rings. The Morgan fingerprint density at radius 1 is 0.862 bits per heavy atom. The molecular formula is C18H16FN3O5S2. The van der Waals surface area contributed by atoms with E-state index in [1.54, 1.807) is 12.1 Å². The second-order valence-corrected chi connectivity index (χ2v) is 9.14. The molecule has 1 aromatic heterocycles. The first-order valence-corrected chi connectivity index (χ1v) is 11.1. The maximum absolute atomic E-state index is 13.8. The molecule has 0 bridgehead atoms. The molecule has 3 aromatic rings. The van der Waals surface area contributed by atoms with Crippen molar-refractivity contribution in [2.45, 2.75) is 9.79 Å². The van der Waals surface area contributed by atoms with Crippen LogP contribution in [0, 0.1) is 5.82 Å². The monoisotopic (exact) mass is 437 g/mol. The molecule has 0 aliphatic carbocycles. The summed E-state index contributed by atoms with van der Waals surface area (Å²) < 4.78 is 72.8. The fourth-order valence-electron chi connectivity index (χ4n) is 2.37. The van der Waals surface area contributed by atoms with E-state index < -0.39 is 25.9 Å². The number of anilines is 2. The Hall–Kier alpha value is -3.18. The number of rotatable bonds is 7. The van der Waals surface area contributed by atoms with E-state index >= 15 is 0 Å². The van der Waals surface area contributed by atoms with Gasteiger partial charge in [-0.25, -0.2) is 21.2 Å². The van der Waals surface area contributed by atoms with Gasteiger partial charge in [0.25, 0.3) is 20.0 Å². The number of hydrogen-bond acceptors (Lipinski definition) is 6. The standard InChI is InChI=1S/C18H16FN3O5S2/c1-27-18-9-8-16(11-17(18)19)29(25,26)21-13-4-6-15(7-5-13)28(23,24)22-14-3-2-10-20-12-14/h2-12,21-22H,1H3. The van der Waals surface area contributed by atoms with Gasteiger partial charge in [-0.3, -0.25) is 14.4 Å². The quantitative estimate of drug-likeness (QED) is 0.587. The summed E-state index contributed by atoms with van der Waals surface area (Å²) >= 11 is 0. The third-order valence-corrected chi connectivity index (χ3v) is 6.54. The number of nitrogens with one attached hydrogen (secondary N) is 2. The summed E-state index contributed by atoms with van der Waals surface area (Å²) in [6, 6.07) is 11.4. The van der Waals surface area contributed by atoms with Crippen molar-refractivity contribution in [2.75, 3.05) is 16.6 Å². The first-order chi connectivity index (χ1) is 13.7. The predicted molar refractivity (Wildman–Crippen MR) is 105 cm³/mol. The van der Waals surface area contributed by atoms with Crippen LogP contribution < -0.4 is 14.2 Å². The van der Waals surface area contributed by atoms with E-state index in [1.807, 2.05) is 0 Å². The topological polar surface area (TPSA) is 114 Å². The molecule has 0 saturated heterocycles. The van der Waals surface area contributed by atoms with E-state index in [4.69, 9.17) is 4.74 Å². The molecule has 0 aliphatic heterocycles. The third kappa shape index (κ3) is 4.81. The van der Waals surface area contributed by atoms with Crippen LogP contribution in [0.4, 0.5) is 15.8 Å². The zero-order chi connectivity index (χ0) is 21.1. The van der Waals surface area contributed by atoms with Gasteiger partial charge in [-0.2, -0.15) is 0 Å². The summed E-state index contributed by atoms with van der Waals surface area (Å²) in [6.07, 6.45) is 2.86. The number of halogens is 1. The van der Waals surface area contributed by atoms with Crippen molar-refractivity contribution in [3.63, 3.8) is 0 Å². The highest BCUT2D eigenvalue weighted by Gasteiger charge is 2.18. The maximum atomic E-state index is 13.8. The third-order valence-electron chi connectivity index (χ3n) is 3.76. The molecule has 0 radical (unpaired) electrons. The Labute approximate surface area is 167 Å². The Bertz CT molecular complexity index is 1220. The number of hydrogen-bond donors (Lipinski definition) is 2. The van der Waals surface area contributed by atoms with Gasteiger partial charge in [-0.15, -0.1) is 0 Å². The maximum Gasteiger partial charge on any atom is 0.262 e. The predicted octanol–water partition coefficient (Wildman–Crippen LogP) is 2.83. The highest BCUT2D eigenvalue weighted by molar-refractivity contribution is 7.93. The number of methoxy groups -OCH3 is 1. The number of sulfonamides is 2. The van der Waals surface area contributed by atoms with Crippen LogP contribution in [0.15, 0.2) is 76.8 Å². The van der Waals surface area contributed by atoms with E-state index in [0.29, 0.717) is 5.69 Å². The molecule has 29 heavy (non-hydrogen) atoms. The van der Waals surface area contributed by atoms with E-state index in [9.17, 15) is 21.2 Å². The number of ether oxygens (including phenoxy) is 1. The minimum Gasteiger partial charge on any atom is -0.494 e. The summed E-state index contributed by atoms with van der Waals surface area (Å²) in [5.74, 6) is -0.905. The van der Waals surface area contributed by atoms with Crippen LogP contribution in [0.1, 0.15) is 0 Å². The highest BCUT2D eigenvalue weighted by atomic mass is 32.2. The van der Waals surface area contributed by atoms with Crippen LogP contribution >= 0.6 is 0 Å². The number of nitrogens with zero attached hydrogens (tertiary/aromatic N) is 1. The fraction of sp³-hybridized carbons (Fsp3) is 0.0556. The van der Waals surface area contributed by atoms with Gasteiger partial charge < -0.3 is 4.74 Å². The van der Waals surface area contributed by atoms with Crippen molar-refractivity contribution in [2.24, 2.45) is 0 Å². The van der Waals surface area contributed by atoms with Gasteiger partial charge in [0, 0.05) is 11.9 Å². The lowest BCUT2D eigenvalue weighted by molar-refractivity contribution is 0.385. The SMILES string of the molecule is COc1ccc(S(=O)(=O)Nc2ccc(S(=O)(=O)Nc3cccnc3)cc2)cc1F. The summed E-state index contributed by atoms with van der Waals surface area (Å²) in [7, 11) is -6.68. The van der Waals surface area contributed by atoms with Crippen molar-refractivity contribution in [3.8, 4) is 5.75 Å². The average Bonchev–Trinajstić information content (AvgIpc) is 2.68. The van der Waals surface area contributed by atoms with Gasteiger partial charge in [0.2, 0.25) is 0 Å². The normalized spacial score (nSPS) is 11.7. The van der Waals surface area contributed by atoms with E-state index in [1.165, 1.54) is 55.9 Å². The van der Waals surface area contributed by atoms with Crippen LogP contribution in [0.25, 0.3) is 0 Å². The zero-order valence-corrected chi connectivity index (χ0v) is 16.7. The molecule has 1 heterocycles. The van der Waals surface area contributed by atoms with E-state index in [0.717, 1.165) is 6.07 Å². The van der Waals surface area contributed by atoms with Crippen molar-refractivity contribution < 1.29 is 26.0 Å². The first-order valence-electron chi connectivity index (χ1n) is 8.10. The van der Waals surface area contributed by atoms with E-state index in [2.05, 4.69) is 14.4 Å². The molecule has 152 valence electrons. The molecule has 8 nitrogen and oxygen atoms in total. The van der Waals surface area contributed by atoms with Gasteiger partial charge in [0.05, 0.1) is 28.8 Å². The van der Waals surface area contributed by atoms with Crippen LogP contribution in [-0.4, -0.2) is 28.9 Å². The Kier molecular flexibility index (Phi) is 5.71. The molecule has 0 amide bonds. The molecule has 2 aromatic carbocycles. The second kappa shape index (κ2) is 8.05. The lowest BCUT2D eigenvalue weighted by Gasteiger charge is -2.11. The minimum atomic E-state index is -4.08. The molecule has 3 rings (SSSR count). The number of benzene rings is 2. The van der Waals surface area contributed by atoms with Crippen LogP contribution in [0.2, 0.25) is 0 Å². The smallest absolute Gasteiger partial charge is 0.262 e. The summed E-state index contributed by atoms with van der Waals surface area (Å²) in [6.45, 7) is 0. The van der Waals surface area contributed by atoms with Crippen LogP contribution in [-0.2, 0) is 20.0 Å². The first kappa shape index (κ1) is 20.6. The minimum absolute atomic E-state index is 0.0696. The summed E-state index contributed by atoms with van der Waals surface area (Å²) in [5, 5.41) is 0. The van der Waals surface area contributed by atoms with Crippen LogP contribution in [0.3, 0.4) is 0 Å². The van der Waals surface area contributed by atoms with Gasteiger partial charge in [-0.1, -0.05) is 0 Å². The molecule has 0 spiro atoms. The Morgan fingerprint density at radius 2 is 1.48 bits per heavy atom. The molecule has 0 aliphatic rings. The molecule has 0 unspecified atom stereocenters. The number of aromatic nitrogens is 1. The summed E-state index contributed by atoms with van der Waals surface area (Å²) in [5.41, 5.74) is 0.403. The molecular weight excluding hydrogens is 421 g/mol. The molecule has 0 saturated carbocycles. The van der Waals surface area contributed by atoms with Gasteiger partial charge in [-0.05, 0) is 54.6 Å². The highest BCUT2D eigenvalue weighted by Crippen LogP contribution is 2.23. The molecule has 11 heteroatoms. The van der Waals surface area contributed by atoms with Crippen LogP contribution in [0.5, 0.6) is 5.75 Å². The van der Waals surface area contributed by atoms with Crippen molar-refractivity contribution in [3.05, 3.63) is 72.8 Å². The lowest BCUT2D eigenvalue weighted by Crippen LogP contribution is -2.15. The summed E-state index contributed by atoms with van der Waals surface area (Å²) in [4.78, 5) is 3.45. The van der Waals surface area contributed by atoms with E-state index in [-0.39, 0.29) is 21.2 Å². The van der Waals surface area contributed by atoms with Crippen molar-refractivity contribution in [1.82, 2.24) is 4.98 Å². The van der Waals surface area contributed by atoms with Crippen molar-refractivity contribution in [1.29, 1.82) is 0 Å². The zero-order valence-electron chi connectivity index (χ0n) is 15.0.